The number of aromatic nitrogens is 2. The fraction of sp³-hybridized carbons (Fsp3) is 0.167. The van der Waals surface area contributed by atoms with Gasteiger partial charge < -0.3 is 5.32 Å². The normalized spacial score (nSPS) is 10.7. The Morgan fingerprint density at radius 3 is 2.83 bits per heavy atom. The van der Waals surface area contributed by atoms with Gasteiger partial charge >= 0.3 is 0 Å². The van der Waals surface area contributed by atoms with Crippen LogP contribution in [0.25, 0.3) is 10.9 Å². The van der Waals surface area contributed by atoms with Crippen molar-refractivity contribution < 1.29 is 0 Å². The molecule has 0 spiro atoms. The molecular weight excluding hydrogens is 326 g/mol. The van der Waals surface area contributed by atoms with Crippen molar-refractivity contribution in [2.75, 3.05) is 5.32 Å². The number of nitrogens with zero attached hydrogens (tertiary/aromatic N) is 2. The summed E-state index contributed by atoms with van der Waals surface area (Å²) in [6, 6.07) is 12.1. The Morgan fingerprint density at radius 1 is 1.26 bits per heavy atom. The van der Waals surface area contributed by atoms with E-state index in [1.807, 2.05) is 31.2 Å². The van der Waals surface area contributed by atoms with Crippen molar-refractivity contribution in [2.24, 2.45) is 0 Å². The Kier molecular flexibility index (Phi) is 4.55. The van der Waals surface area contributed by atoms with Crippen LogP contribution in [0.1, 0.15) is 23.7 Å². The largest absolute Gasteiger partial charge is 0.342 e. The number of hydrogen-bond donors (Lipinski definition) is 1. The van der Waals surface area contributed by atoms with Crippen LogP contribution >= 0.6 is 23.8 Å². The van der Waals surface area contributed by atoms with Crippen LogP contribution in [0, 0.1) is 6.92 Å². The molecule has 0 saturated carbocycles. The zero-order chi connectivity index (χ0) is 16.4. The van der Waals surface area contributed by atoms with E-state index in [2.05, 4.69) is 29.4 Å². The van der Waals surface area contributed by atoms with Crippen LogP contribution in [0.15, 0.2) is 42.6 Å². The standard InChI is InChI=1S/C18H16ClN3S/c1-3-12-9-13-6-4-5-7-14(13)21-16(12)18(23)22-15-8-11(2)10-20-17(15)19/h4-10H,3H2,1-2H3,(H,22,23). The van der Waals surface area contributed by atoms with Gasteiger partial charge in [0.1, 0.15) is 10.7 Å². The van der Waals surface area contributed by atoms with Crippen molar-refractivity contribution in [2.45, 2.75) is 20.3 Å². The first-order chi connectivity index (χ1) is 11.1. The molecule has 1 aromatic carbocycles. The van der Waals surface area contributed by atoms with Gasteiger partial charge in [-0.05, 0) is 42.7 Å². The van der Waals surface area contributed by atoms with E-state index in [0.717, 1.165) is 34.1 Å². The van der Waals surface area contributed by atoms with Crippen molar-refractivity contribution in [3.63, 3.8) is 0 Å². The van der Waals surface area contributed by atoms with Crippen LogP contribution in [0.3, 0.4) is 0 Å². The summed E-state index contributed by atoms with van der Waals surface area (Å²) in [7, 11) is 0. The number of hydrogen-bond acceptors (Lipinski definition) is 3. The Bertz CT molecular complexity index is 893. The first-order valence-electron chi connectivity index (χ1n) is 7.40. The lowest BCUT2D eigenvalue weighted by Gasteiger charge is -2.13. The highest BCUT2D eigenvalue weighted by molar-refractivity contribution is 7.81. The van der Waals surface area contributed by atoms with E-state index in [-0.39, 0.29) is 0 Å². The molecule has 0 aliphatic heterocycles. The summed E-state index contributed by atoms with van der Waals surface area (Å²) < 4.78 is 0. The number of para-hydroxylation sites is 1. The summed E-state index contributed by atoms with van der Waals surface area (Å²) in [4.78, 5) is 9.43. The van der Waals surface area contributed by atoms with Gasteiger partial charge in [0.25, 0.3) is 0 Å². The number of thiocarbonyl (C=S) groups is 1. The van der Waals surface area contributed by atoms with Crippen LogP contribution in [-0.2, 0) is 6.42 Å². The number of fused-ring (bicyclic) bond motifs is 1. The molecule has 0 amide bonds. The SMILES string of the molecule is CCc1cc2ccccc2nc1C(=S)Nc1cc(C)cnc1Cl. The number of aryl methyl sites for hydroxylation is 2. The van der Waals surface area contributed by atoms with Crippen LogP contribution in [0.4, 0.5) is 5.69 Å². The minimum absolute atomic E-state index is 0.400. The lowest BCUT2D eigenvalue weighted by Crippen LogP contribution is -2.15. The predicted octanol–water partition coefficient (Wildman–Crippen LogP) is 4.94. The van der Waals surface area contributed by atoms with Crippen molar-refractivity contribution in [1.82, 2.24) is 9.97 Å². The summed E-state index contributed by atoms with van der Waals surface area (Å²) in [6.45, 7) is 4.06. The molecule has 23 heavy (non-hydrogen) atoms. The van der Waals surface area contributed by atoms with E-state index in [1.54, 1.807) is 6.20 Å². The summed E-state index contributed by atoms with van der Waals surface area (Å²) >= 11 is 11.7. The molecule has 2 heterocycles. The second kappa shape index (κ2) is 6.60. The summed E-state index contributed by atoms with van der Waals surface area (Å²) in [6.07, 6.45) is 2.58. The molecule has 5 heteroatoms. The Balaban J connectivity index is 2.01. The molecule has 0 bridgehead atoms. The monoisotopic (exact) mass is 341 g/mol. The van der Waals surface area contributed by atoms with Gasteiger partial charge in [0.05, 0.1) is 11.2 Å². The molecule has 0 atom stereocenters. The molecule has 0 radical (unpaired) electrons. The van der Waals surface area contributed by atoms with Crippen molar-refractivity contribution in [3.05, 3.63) is 64.6 Å². The quantitative estimate of drug-likeness (QED) is 0.540. The fourth-order valence-corrected chi connectivity index (χ4v) is 2.88. The van der Waals surface area contributed by atoms with Gasteiger partial charge in [-0.1, -0.05) is 48.9 Å². The fourth-order valence-electron chi connectivity index (χ4n) is 2.45. The second-order valence-corrected chi connectivity index (χ2v) is 6.11. The number of nitrogens with one attached hydrogen (secondary N) is 1. The zero-order valence-electron chi connectivity index (χ0n) is 12.9. The van der Waals surface area contributed by atoms with Gasteiger partial charge in [-0.15, -0.1) is 0 Å². The van der Waals surface area contributed by atoms with Crippen LogP contribution < -0.4 is 5.32 Å². The average Bonchev–Trinajstić information content (AvgIpc) is 2.56. The predicted molar refractivity (Wildman–Crippen MR) is 100 cm³/mol. The van der Waals surface area contributed by atoms with Gasteiger partial charge in [-0.2, -0.15) is 0 Å². The second-order valence-electron chi connectivity index (χ2n) is 5.35. The third-order valence-electron chi connectivity index (χ3n) is 3.62. The lowest BCUT2D eigenvalue weighted by molar-refractivity contribution is 1.11. The van der Waals surface area contributed by atoms with Crippen molar-refractivity contribution in [3.8, 4) is 0 Å². The van der Waals surface area contributed by atoms with Crippen LogP contribution in [0.5, 0.6) is 0 Å². The molecule has 0 aliphatic rings. The van der Waals surface area contributed by atoms with Gasteiger partial charge in [-0.3, -0.25) is 0 Å². The smallest absolute Gasteiger partial charge is 0.152 e. The highest BCUT2D eigenvalue weighted by Crippen LogP contribution is 2.23. The first-order valence-corrected chi connectivity index (χ1v) is 8.19. The zero-order valence-corrected chi connectivity index (χ0v) is 14.5. The van der Waals surface area contributed by atoms with Gasteiger partial charge in [0.15, 0.2) is 5.15 Å². The van der Waals surface area contributed by atoms with Crippen LogP contribution in [0.2, 0.25) is 5.15 Å². The molecule has 116 valence electrons. The number of halogens is 1. The minimum atomic E-state index is 0.400. The Morgan fingerprint density at radius 2 is 2.04 bits per heavy atom. The van der Waals surface area contributed by atoms with Crippen LogP contribution in [-0.4, -0.2) is 15.0 Å². The molecule has 3 nitrogen and oxygen atoms in total. The minimum Gasteiger partial charge on any atom is -0.342 e. The molecule has 2 aromatic heterocycles. The van der Waals surface area contributed by atoms with E-state index in [0.29, 0.717) is 15.8 Å². The molecule has 0 saturated heterocycles. The number of pyridine rings is 2. The summed E-state index contributed by atoms with van der Waals surface area (Å²) in [5.41, 5.74) is 4.55. The third kappa shape index (κ3) is 3.33. The maximum atomic E-state index is 6.14. The molecule has 3 aromatic rings. The average molecular weight is 342 g/mol. The topological polar surface area (TPSA) is 37.8 Å². The maximum Gasteiger partial charge on any atom is 0.152 e. The highest BCUT2D eigenvalue weighted by Gasteiger charge is 2.12. The Labute approximate surface area is 145 Å². The van der Waals surface area contributed by atoms with Crippen molar-refractivity contribution in [1.29, 1.82) is 0 Å². The van der Waals surface area contributed by atoms with Gasteiger partial charge in [0, 0.05) is 11.6 Å². The first kappa shape index (κ1) is 15.8. The maximum absolute atomic E-state index is 6.14. The van der Waals surface area contributed by atoms with Gasteiger partial charge in [0.2, 0.25) is 0 Å². The molecule has 3 rings (SSSR count). The van der Waals surface area contributed by atoms with E-state index in [9.17, 15) is 0 Å². The number of benzene rings is 1. The van der Waals surface area contributed by atoms with E-state index in [4.69, 9.17) is 28.8 Å². The van der Waals surface area contributed by atoms with E-state index >= 15 is 0 Å². The van der Waals surface area contributed by atoms with E-state index in [1.165, 1.54) is 0 Å². The molecular formula is C18H16ClN3S. The molecule has 0 fully saturated rings. The van der Waals surface area contributed by atoms with Gasteiger partial charge in [-0.25, -0.2) is 9.97 Å². The molecule has 0 aliphatic carbocycles. The lowest BCUT2D eigenvalue weighted by atomic mass is 10.1. The number of rotatable bonds is 3. The van der Waals surface area contributed by atoms with Crippen molar-refractivity contribution >= 4 is 45.4 Å². The molecule has 0 unspecified atom stereocenters. The molecule has 1 N–H and O–H groups in total. The Hall–Kier alpha value is -2.04. The third-order valence-corrected chi connectivity index (χ3v) is 4.22. The summed E-state index contributed by atoms with van der Waals surface area (Å²) in [5.74, 6) is 0. The number of anilines is 1. The van der Waals surface area contributed by atoms with E-state index < -0.39 is 0 Å². The highest BCUT2D eigenvalue weighted by atomic mass is 35.5. The summed E-state index contributed by atoms with van der Waals surface area (Å²) in [5, 5.41) is 4.70.